The summed E-state index contributed by atoms with van der Waals surface area (Å²) in [5, 5.41) is 0. The zero-order valence-corrected chi connectivity index (χ0v) is 7.93. The Kier molecular flexibility index (Phi) is 3.26. The Morgan fingerprint density at radius 3 is 3.00 bits per heavy atom. The molecule has 0 N–H and O–H groups in total. The summed E-state index contributed by atoms with van der Waals surface area (Å²) in [5.41, 5.74) is 0. The average Bonchev–Trinajstić information content (AvgIpc) is 2.37. The molecule has 1 nitrogen and oxygen atoms in total. The van der Waals surface area contributed by atoms with Crippen molar-refractivity contribution < 1.29 is 4.74 Å². The number of rotatable bonds is 2. The van der Waals surface area contributed by atoms with Crippen LogP contribution in [0.15, 0.2) is 0 Å². The van der Waals surface area contributed by atoms with Crippen molar-refractivity contribution in [2.24, 2.45) is 5.92 Å². The Labute approximate surface area is 70.3 Å². The van der Waals surface area contributed by atoms with Crippen LogP contribution >= 0.6 is 22.6 Å². The van der Waals surface area contributed by atoms with Gasteiger partial charge in [0.15, 0.2) is 0 Å². The van der Waals surface area contributed by atoms with Gasteiger partial charge in [-0.3, -0.25) is 0 Å². The molecule has 0 aliphatic carbocycles. The van der Waals surface area contributed by atoms with Crippen LogP contribution in [0.25, 0.3) is 0 Å². The van der Waals surface area contributed by atoms with Gasteiger partial charge in [-0.2, -0.15) is 0 Å². The zero-order valence-electron chi connectivity index (χ0n) is 5.77. The summed E-state index contributed by atoms with van der Waals surface area (Å²) in [7, 11) is 0. The second-order valence-electron chi connectivity index (χ2n) is 2.68. The number of alkyl halides is 1. The van der Waals surface area contributed by atoms with E-state index in [2.05, 4.69) is 29.5 Å². The molecule has 0 bridgehead atoms. The molecule has 54 valence electrons. The Morgan fingerprint density at radius 2 is 2.56 bits per heavy atom. The topological polar surface area (TPSA) is 9.23 Å². The van der Waals surface area contributed by atoms with Crippen LogP contribution in [0.1, 0.15) is 19.8 Å². The molecule has 1 saturated heterocycles. The second kappa shape index (κ2) is 3.76. The largest absolute Gasteiger partial charge is 0.378 e. The van der Waals surface area contributed by atoms with Gasteiger partial charge >= 0.3 is 0 Å². The fourth-order valence-corrected chi connectivity index (χ4v) is 1.72. The molecule has 1 fully saturated rings. The highest BCUT2D eigenvalue weighted by Crippen LogP contribution is 2.21. The lowest BCUT2D eigenvalue weighted by molar-refractivity contribution is 0.0782. The highest BCUT2D eigenvalue weighted by atomic mass is 127. The van der Waals surface area contributed by atoms with E-state index in [1.165, 1.54) is 17.3 Å². The second-order valence-corrected chi connectivity index (χ2v) is 3.56. The Hall–Kier alpha value is 0.690. The monoisotopic (exact) mass is 240 g/mol. The Morgan fingerprint density at radius 1 is 1.78 bits per heavy atom. The van der Waals surface area contributed by atoms with Crippen molar-refractivity contribution >= 4 is 22.6 Å². The molecule has 1 rings (SSSR count). The summed E-state index contributed by atoms with van der Waals surface area (Å²) >= 11 is 2.42. The maximum Gasteiger partial charge on any atom is 0.0608 e. The minimum absolute atomic E-state index is 0.571. The van der Waals surface area contributed by atoms with E-state index < -0.39 is 0 Å². The van der Waals surface area contributed by atoms with Crippen LogP contribution in [-0.4, -0.2) is 17.1 Å². The molecule has 0 aromatic heterocycles. The maximum atomic E-state index is 5.50. The summed E-state index contributed by atoms with van der Waals surface area (Å²) in [6.45, 7) is 3.26. The third kappa shape index (κ3) is 2.08. The van der Waals surface area contributed by atoms with Crippen molar-refractivity contribution in [3.8, 4) is 0 Å². The summed E-state index contributed by atoms with van der Waals surface area (Å²) in [5.74, 6) is 0.757. The lowest BCUT2D eigenvalue weighted by atomic mass is 10.1. The van der Waals surface area contributed by atoms with E-state index in [1.807, 2.05) is 0 Å². The number of ether oxygens (including phenoxy) is 1. The zero-order chi connectivity index (χ0) is 6.69. The predicted octanol–water partition coefficient (Wildman–Crippen LogP) is 2.24. The normalized spacial score (nSPS) is 30.7. The molecule has 1 heterocycles. The Balaban J connectivity index is 2.24. The number of hydrogen-bond donors (Lipinski definition) is 0. The first kappa shape index (κ1) is 7.79. The maximum absolute atomic E-state index is 5.50. The van der Waals surface area contributed by atoms with Crippen molar-refractivity contribution in [3.63, 3.8) is 0 Å². The van der Waals surface area contributed by atoms with Crippen molar-refractivity contribution in [3.05, 3.63) is 0 Å². The van der Waals surface area contributed by atoms with Gasteiger partial charge in [-0.1, -0.05) is 29.5 Å². The van der Waals surface area contributed by atoms with E-state index in [9.17, 15) is 0 Å². The first-order valence-corrected chi connectivity index (χ1v) is 5.04. The molecule has 1 aliphatic rings. The van der Waals surface area contributed by atoms with Crippen LogP contribution < -0.4 is 0 Å². The van der Waals surface area contributed by atoms with Gasteiger partial charge < -0.3 is 4.74 Å². The molecule has 2 atom stereocenters. The van der Waals surface area contributed by atoms with Crippen molar-refractivity contribution in [1.82, 2.24) is 0 Å². The molecule has 0 amide bonds. The van der Waals surface area contributed by atoms with Crippen LogP contribution in [0.4, 0.5) is 0 Å². The standard InChI is InChI=1S/C7H13IO/c1-6(5-8)7-3-2-4-9-7/h6-7H,2-5H2,1H3/t6?,7-/m0/s1. The summed E-state index contributed by atoms with van der Waals surface area (Å²) in [4.78, 5) is 0. The fourth-order valence-electron chi connectivity index (χ4n) is 1.15. The first-order chi connectivity index (χ1) is 4.34. The van der Waals surface area contributed by atoms with Gasteiger partial charge in [0.05, 0.1) is 6.10 Å². The van der Waals surface area contributed by atoms with Crippen LogP contribution in [0.3, 0.4) is 0 Å². The molecule has 0 aromatic carbocycles. The highest BCUT2D eigenvalue weighted by molar-refractivity contribution is 14.1. The lowest BCUT2D eigenvalue weighted by Gasteiger charge is -2.14. The van der Waals surface area contributed by atoms with E-state index in [0.29, 0.717) is 6.10 Å². The molecular weight excluding hydrogens is 227 g/mol. The third-order valence-corrected chi connectivity index (χ3v) is 3.23. The molecule has 1 unspecified atom stereocenters. The van der Waals surface area contributed by atoms with Gasteiger partial charge in [0.1, 0.15) is 0 Å². The van der Waals surface area contributed by atoms with E-state index in [-0.39, 0.29) is 0 Å². The van der Waals surface area contributed by atoms with Gasteiger partial charge in [0, 0.05) is 11.0 Å². The van der Waals surface area contributed by atoms with Crippen molar-refractivity contribution in [1.29, 1.82) is 0 Å². The molecule has 2 heteroatoms. The van der Waals surface area contributed by atoms with E-state index in [0.717, 1.165) is 12.5 Å². The average molecular weight is 240 g/mol. The lowest BCUT2D eigenvalue weighted by Crippen LogP contribution is -2.17. The summed E-state index contributed by atoms with van der Waals surface area (Å²) in [6.07, 6.45) is 3.12. The molecular formula is C7H13IO. The highest BCUT2D eigenvalue weighted by Gasteiger charge is 2.20. The molecule has 1 aliphatic heterocycles. The summed E-state index contributed by atoms with van der Waals surface area (Å²) < 4.78 is 6.73. The van der Waals surface area contributed by atoms with Crippen LogP contribution in [0.2, 0.25) is 0 Å². The predicted molar refractivity (Wildman–Crippen MR) is 47.0 cm³/mol. The van der Waals surface area contributed by atoms with E-state index in [4.69, 9.17) is 4.74 Å². The smallest absolute Gasteiger partial charge is 0.0608 e. The quantitative estimate of drug-likeness (QED) is 0.531. The third-order valence-electron chi connectivity index (χ3n) is 1.84. The van der Waals surface area contributed by atoms with E-state index >= 15 is 0 Å². The molecule has 0 spiro atoms. The van der Waals surface area contributed by atoms with Gasteiger partial charge in [0.2, 0.25) is 0 Å². The van der Waals surface area contributed by atoms with Crippen LogP contribution in [0, 0.1) is 5.92 Å². The molecule has 0 aromatic rings. The van der Waals surface area contributed by atoms with Gasteiger partial charge in [-0.05, 0) is 18.8 Å². The number of halogens is 1. The number of hydrogen-bond acceptors (Lipinski definition) is 1. The summed E-state index contributed by atoms with van der Waals surface area (Å²) in [6, 6.07) is 0. The van der Waals surface area contributed by atoms with Gasteiger partial charge in [-0.25, -0.2) is 0 Å². The van der Waals surface area contributed by atoms with E-state index in [1.54, 1.807) is 0 Å². The van der Waals surface area contributed by atoms with Crippen LogP contribution in [-0.2, 0) is 4.74 Å². The van der Waals surface area contributed by atoms with Crippen molar-refractivity contribution in [2.75, 3.05) is 11.0 Å². The first-order valence-electron chi connectivity index (χ1n) is 3.52. The SMILES string of the molecule is CC(CI)[C@@H]1CCCO1. The molecule has 0 saturated carbocycles. The minimum Gasteiger partial charge on any atom is -0.378 e. The van der Waals surface area contributed by atoms with Gasteiger partial charge in [-0.15, -0.1) is 0 Å². The van der Waals surface area contributed by atoms with Gasteiger partial charge in [0.25, 0.3) is 0 Å². The van der Waals surface area contributed by atoms with Crippen molar-refractivity contribution in [2.45, 2.75) is 25.9 Å². The van der Waals surface area contributed by atoms with Crippen LogP contribution in [0.5, 0.6) is 0 Å². The Bertz CT molecular complexity index is 79.0. The molecule has 0 radical (unpaired) electrons. The minimum atomic E-state index is 0.571. The molecule has 9 heavy (non-hydrogen) atoms. The fraction of sp³-hybridized carbons (Fsp3) is 1.00.